The second-order valence-corrected chi connectivity index (χ2v) is 5.39. The standard InChI is InChI=1S/C15H19NO3/c17-8-11-3-5-16(6-4-11)15(18)12-1-2-13-9-19-10-14(13)7-12/h1-2,7,11,17H,3-6,8-10H2. The van der Waals surface area contributed by atoms with Crippen LogP contribution in [0.15, 0.2) is 18.2 Å². The molecule has 0 bridgehead atoms. The van der Waals surface area contributed by atoms with Crippen molar-refractivity contribution in [2.45, 2.75) is 26.1 Å². The van der Waals surface area contributed by atoms with E-state index in [4.69, 9.17) is 9.84 Å². The van der Waals surface area contributed by atoms with Crippen molar-refractivity contribution in [2.24, 2.45) is 5.92 Å². The summed E-state index contributed by atoms with van der Waals surface area (Å²) in [7, 11) is 0. The molecule has 2 heterocycles. The maximum Gasteiger partial charge on any atom is 0.253 e. The molecule has 1 fully saturated rings. The molecule has 0 saturated carbocycles. The molecule has 0 aromatic heterocycles. The van der Waals surface area contributed by atoms with E-state index in [1.807, 2.05) is 23.1 Å². The summed E-state index contributed by atoms with van der Waals surface area (Å²) in [5, 5.41) is 9.12. The Morgan fingerprint density at radius 2 is 2.00 bits per heavy atom. The highest BCUT2D eigenvalue weighted by atomic mass is 16.5. The molecule has 0 aliphatic carbocycles. The van der Waals surface area contributed by atoms with E-state index in [1.165, 1.54) is 5.56 Å². The molecule has 0 spiro atoms. The number of hydrogen-bond acceptors (Lipinski definition) is 3. The number of fused-ring (bicyclic) bond motifs is 1. The van der Waals surface area contributed by atoms with Gasteiger partial charge in [0, 0.05) is 25.3 Å². The molecule has 1 N–H and O–H groups in total. The largest absolute Gasteiger partial charge is 0.396 e. The fraction of sp³-hybridized carbons (Fsp3) is 0.533. The Morgan fingerprint density at radius 3 is 2.74 bits per heavy atom. The number of ether oxygens (including phenoxy) is 1. The van der Waals surface area contributed by atoms with Crippen LogP contribution in [-0.2, 0) is 18.0 Å². The van der Waals surface area contributed by atoms with Crippen molar-refractivity contribution in [2.75, 3.05) is 19.7 Å². The van der Waals surface area contributed by atoms with Crippen LogP contribution < -0.4 is 0 Å². The summed E-state index contributed by atoms with van der Waals surface area (Å²) in [5.74, 6) is 0.462. The van der Waals surface area contributed by atoms with Gasteiger partial charge in [0.25, 0.3) is 5.91 Å². The van der Waals surface area contributed by atoms with E-state index >= 15 is 0 Å². The van der Waals surface area contributed by atoms with E-state index in [-0.39, 0.29) is 12.5 Å². The fourth-order valence-corrected chi connectivity index (χ4v) is 2.81. The molecule has 4 nitrogen and oxygen atoms in total. The van der Waals surface area contributed by atoms with Crippen LogP contribution in [0.25, 0.3) is 0 Å². The van der Waals surface area contributed by atoms with E-state index < -0.39 is 0 Å². The van der Waals surface area contributed by atoms with Crippen LogP contribution in [0.2, 0.25) is 0 Å². The summed E-state index contributed by atoms with van der Waals surface area (Å²) in [4.78, 5) is 14.3. The van der Waals surface area contributed by atoms with E-state index in [2.05, 4.69) is 0 Å². The molecule has 3 rings (SSSR count). The number of nitrogens with zero attached hydrogens (tertiary/aromatic N) is 1. The zero-order valence-electron chi connectivity index (χ0n) is 11.0. The maximum absolute atomic E-state index is 12.4. The van der Waals surface area contributed by atoms with E-state index in [0.29, 0.717) is 19.1 Å². The van der Waals surface area contributed by atoms with Crippen molar-refractivity contribution in [3.8, 4) is 0 Å². The van der Waals surface area contributed by atoms with Gasteiger partial charge < -0.3 is 14.7 Å². The Morgan fingerprint density at radius 1 is 1.26 bits per heavy atom. The normalized spacial score (nSPS) is 19.5. The van der Waals surface area contributed by atoms with Crippen molar-refractivity contribution in [1.29, 1.82) is 0 Å². The minimum absolute atomic E-state index is 0.103. The molecule has 2 aliphatic rings. The lowest BCUT2D eigenvalue weighted by Gasteiger charge is -2.31. The third kappa shape index (κ3) is 2.51. The molecule has 0 atom stereocenters. The number of amides is 1. The molecule has 0 radical (unpaired) electrons. The number of likely N-dealkylation sites (tertiary alicyclic amines) is 1. The van der Waals surface area contributed by atoms with Crippen molar-refractivity contribution >= 4 is 5.91 Å². The predicted octanol–water partition coefficient (Wildman–Crippen LogP) is 1.56. The molecule has 4 heteroatoms. The van der Waals surface area contributed by atoms with Gasteiger partial charge in [0.05, 0.1) is 13.2 Å². The van der Waals surface area contributed by atoms with Crippen LogP contribution in [0.3, 0.4) is 0 Å². The number of hydrogen-bond donors (Lipinski definition) is 1. The minimum atomic E-state index is 0.103. The highest BCUT2D eigenvalue weighted by molar-refractivity contribution is 5.94. The first-order valence-electron chi connectivity index (χ1n) is 6.87. The molecule has 1 aromatic carbocycles. The van der Waals surface area contributed by atoms with Gasteiger partial charge in [-0.15, -0.1) is 0 Å². The number of aliphatic hydroxyl groups is 1. The van der Waals surface area contributed by atoms with Crippen molar-refractivity contribution in [1.82, 2.24) is 4.90 Å². The van der Waals surface area contributed by atoms with Crippen LogP contribution in [0.5, 0.6) is 0 Å². The average Bonchev–Trinajstić information content (AvgIpc) is 2.94. The van der Waals surface area contributed by atoms with Crippen LogP contribution >= 0.6 is 0 Å². The summed E-state index contributed by atoms with van der Waals surface area (Å²) < 4.78 is 5.37. The highest BCUT2D eigenvalue weighted by Gasteiger charge is 2.24. The van der Waals surface area contributed by atoms with Gasteiger partial charge in [-0.05, 0) is 42.0 Å². The third-order valence-corrected chi connectivity index (χ3v) is 4.13. The topological polar surface area (TPSA) is 49.8 Å². The lowest BCUT2D eigenvalue weighted by Crippen LogP contribution is -2.39. The highest BCUT2D eigenvalue weighted by Crippen LogP contribution is 2.23. The fourth-order valence-electron chi connectivity index (χ4n) is 2.81. The van der Waals surface area contributed by atoms with Gasteiger partial charge in [-0.3, -0.25) is 4.79 Å². The monoisotopic (exact) mass is 261 g/mol. The number of aliphatic hydroxyl groups excluding tert-OH is 1. The van der Waals surface area contributed by atoms with Crippen LogP contribution in [0, 0.1) is 5.92 Å². The zero-order chi connectivity index (χ0) is 13.2. The van der Waals surface area contributed by atoms with Crippen molar-refractivity contribution in [3.63, 3.8) is 0 Å². The predicted molar refractivity (Wildman–Crippen MR) is 70.6 cm³/mol. The summed E-state index contributed by atoms with van der Waals surface area (Å²) in [6.07, 6.45) is 1.80. The molecule has 0 unspecified atom stereocenters. The van der Waals surface area contributed by atoms with Gasteiger partial charge in [0.1, 0.15) is 0 Å². The molecular formula is C15H19NO3. The average molecular weight is 261 g/mol. The van der Waals surface area contributed by atoms with Crippen LogP contribution in [0.1, 0.15) is 34.3 Å². The summed E-state index contributed by atoms with van der Waals surface area (Å²) >= 11 is 0. The Hall–Kier alpha value is -1.39. The van der Waals surface area contributed by atoms with E-state index in [1.54, 1.807) is 0 Å². The second-order valence-electron chi connectivity index (χ2n) is 5.39. The molecule has 1 aromatic rings. The van der Waals surface area contributed by atoms with Gasteiger partial charge >= 0.3 is 0 Å². The Balaban J connectivity index is 1.70. The molecule has 19 heavy (non-hydrogen) atoms. The number of carbonyl (C=O) groups excluding carboxylic acids is 1. The van der Waals surface area contributed by atoms with Crippen LogP contribution in [0.4, 0.5) is 0 Å². The van der Waals surface area contributed by atoms with Gasteiger partial charge in [-0.25, -0.2) is 0 Å². The Kier molecular flexibility index (Phi) is 3.53. The van der Waals surface area contributed by atoms with Gasteiger partial charge in [-0.2, -0.15) is 0 Å². The number of piperidine rings is 1. The molecular weight excluding hydrogens is 242 g/mol. The lowest BCUT2D eigenvalue weighted by atomic mass is 9.97. The van der Waals surface area contributed by atoms with Crippen LogP contribution in [-0.4, -0.2) is 35.6 Å². The SMILES string of the molecule is O=C(c1ccc2c(c1)COC2)N1CCC(CO)CC1. The number of rotatable bonds is 2. The number of benzene rings is 1. The minimum Gasteiger partial charge on any atom is -0.396 e. The van der Waals surface area contributed by atoms with Gasteiger partial charge in [0.15, 0.2) is 0 Å². The molecule has 2 aliphatic heterocycles. The maximum atomic E-state index is 12.4. The molecule has 1 amide bonds. The molecule has 102 valence electrons. The van der Waals surface area contributed by atoms with Gasteiger partial charge in [0.2, 0.25) is 0 Å². The smallest absolute Gasteiger partial charge is 0.253 e. The first kappa shape index (κ1) is 12.6. The summed E-state index contributed by atoms with van der Waals surface area (Å²) in [6.45, 7) is 3.00. The first-order chi connectivity index (χ1) is 9.28. The summed E-state index contributed by atoms with van der Waals surface area (Å²) in [5.41, 5.74) is 3.08. The zero-order valence-corrected chi connectivity index (χ0v) is 11.0. The van der Waals surface area contributed by atoms with E-state index in [9.17, 15) is 4.79 Å². The second kappa shape index (κ2) is 5.31. The quantitative estimate of drug-likeness (QED) is 0.879. The Bertz CT molecular complexity index is 478. The first-order valence-corrected chi connectivity index (χ1v) is 6.87. The lowest BCUT2D eigenvalue weighted by molar-refractivity contribution is 0.0650. The molecule has 1 saturated heterocycles. The van der Waals surface area contributed by atoms with Crippen molar-refractivity contribution in [3.05, 3.63) is 34.9 Å². The third-order valence-electron chi connectivity index (χ3n) is 4.13. The summed E-state index contributed by atoms with van der Waals surface area (Å²) in [6, 6.07) is 5.85. The number of carbonyl (C=O) groups is 1. The Labute approximate surface area is 113 Å². The van der Waals surface area contributed by atoms with E-state index in [0.717, 1.165) is 37.1 Å². The van der Waals surface area contributed by atoms with Crippen molar-refractivity contribution < 1.29 is 14.6 Å². The van der Waals surface area contributed by atoms with Gasteiger partial charge in [-0.1, -0.05) is 6.07 Å².